The number of fused-ring (bicyclic) bond motifs is 1. The minimum absolute atomic E-state index is 0.0553. The molecule has 1 aromatic carbocycles. The molecule has 0 radical (unpaired) electrons. The lowest BCUT2D eigenvalue weighted by atomic mass is 10.1. The summed E-state index contributed by atoms with van der Waals surface area (Å²) in [4.78, 5) is 22.3. The van der Waals surface area contributed by atoms with Crippen molar-refractivity contribution in [1.82, 2.24) is 15.3 Å². The van der Waals surface area contributed by atoms with Crippen LogP contribution in [0.1, 0.15) is 18.2 Å². The van der Waals surface area contributed by atoms with Gasteiger partial charge in [0.1, 0.15) is 21.9 Å². The summed E-state index contributed by atoms with van der Waals surface area (Å²) in [5.74, 6) is 0.676. The van der Waals surface area contributed by atoms with Crippen LogP contribution in [0.2, 0.25) is 0 Å². The lowest BCUT2D eigenvalue weighted by Crippen LogP contribution is -2.30. The van der Waals surface area contributed by atoms with Gasteiger partial charge in [-0.25, -0.2) is 9.97 Å². The zero-order valence-electron chi connectivity index (χ0n) is 15.5. The molecule has 0 spiro atoms. The number of hydrogen-bond donors (Lipinski definition) is 1. The fraction of sp³-hybridized carbons (Fsp3) is 0.190. The number of carbonyl (C=O) groups excluding carboxylic acids is 1. The SMILES string of the molecule is Cc1ccc(-c2csc3ncnc(SC(C)C(=O)NCc4ccco4)c23)cc1. The molecule has 0 aliphatic carbocycles. The van der Waals surface area contributed by atoms with Crippen molar-refractivity contribution in [2.75, 3.05) is 0 Å². The van der Waals surface area contributed by atoms with Crippen LogP contribution >= 0.6 is 23.1 Å². The molecule has 28 heavy (non-hydrogen) atoms. The summed E-state index contributed by atoms with van der Waals surface area (Å²) < 4.78 is 5.26. The highest BCUT2D eigenvalue weighted by molar-refractivity contribution is 8.00. The zero-order chi connectivity index (χ0) is 19.5. The lowest BCUT2D eigenvalue weighted by molar-refractivity contribution is -0.120. The third kappa shape index (κ3) is 3.95. The summed E-state index contributed by atoms with van der Waals surface area (Å²) in [7, 11) is 0. The minimum Gasteiger partial charge on any atom is -0.467 e. The molecule has 0 saturated heterocycles. The molecule has 4 aromatic rings. The summed E-state index contributed by atoms with van der Waals surface area (Å²) in [5, 5.41) is 6.55. The molecule has 0 aliphatic rings. The molecular weight excluding hydrogens is 390 g/mol. The number of amides is 1. The molecule has 1 unspecified atom stereocenters. The van der Waals surface area contributed by atoms with Gasteiger partial charge in [-0.3, -0.25) is 4.79 Å². The van der Waals surface area contributed by atoms with Crippen LogP contribution in [-0.2, 0) is 11.3 Å². The van der Waals surface area contributed by atoms with E-state index in [0.29, 0.717) is 6.54 Å². The first kappa shape index (κ1) is 18.7. The Morgan fingerprint density at radius 2 is 2.07 bits per heavy atom. The fourth-order valence-electron chi connectivity index (χ4n) is 2.83. The molecule has 1 amide bonds. The summed E-state index contributed by atoms with van der Waals surface area (Å²) in [6.45, 7) is 4.33. The molecule has 1 atom stereocenters. The van der Waals surface area contributed by atoms with E-state index in [1.807, 2.05) is 13.0 Å². The maximum atomic E-state index is 12.5. The van der Waals surface area contributed by atoms with Crippen LogP contribution < -0.4 is 5.32 Å². The topological polar surface area (TPSA) is 68.0 Å². The highest BCUT2D eigenvalue weighted by Crippen LogP contribution is 2.39. The minimum atomic E-state index is -0.293. The van der Waals surface area contributed by atoms with Gasteiger partial charge in [0.05, 0.1) is 23.4 Å². The number of benzene rings is 1. The Hall–Kier alpha value is -2.64. The second kappa shape index (κ2) is 8.16. The fourth-order valence-corrected chi connectivity index (χ4v) is 4.77. The Morgan fingerprint density at radius 1 is 1.25 bits per heavy atom. The third-order valence-electron chi connectivity index (χ3n) is 4.37. The molecule has 0 saturated carbocycles. The largest absolute Gasteiger partial charge is 0.467 e. The van der Waals surface area contributed by atoms with Crippen LogP contribution in [0.5, 0.6) is 0 Å². The summed E-state index contributed by atoms with van der Waals surface area (Å²) >= 11 is 3.04. The first-order valence-electron chi connectivity index (χ1n) is 8.88. The van der Waals surface area contributed by atoms with Gasteiger partial charge in [0.25, 0.3) is 0 Å². The van der Waals surface area contributed by atoms with E-state index in [4.69, 9.17) is 4.42 Å². The van der Waals surface area contributed by atoms with Crippen LogP contribution in [0.25, 0.3) is 21.3 Å². The van der Waals surface area contributed by atoms with Crippen LogP contribution in [0.4, 0.5) is 0 Å². The van der Waals surface area contributed by atoms with Crippen molar-refractivity contribution in [3.63, 3.8) is 0 Å². The maximum Gasteiger partial charge on any atom is 0.233 e. The lowest BCUT2D eigenvalue weighted by Gasteiger charge is -2.12. The summed E-state index contributed by atoms with van der Waals surface area (Å²) in [6.07, 6.45) is 3.16. The number of aromatic nitrogens is 2. The van der Waals surface area contributed by atoms with E-state index in [1.165, 1.54) is 17.3 Å². The van der Waals surface area contributed by atoms with E-state index in [9.17, 15) is 4.79 Å². The molecule has 1 N–H and O–H groups in total. The average Bonchev–Trinajstić information content (AvgIpc) is 3.37. The molecule has 3 heterocycles. The predicted molar refractivity (Wildman–Crippen MR) is 113 cm³/mol. The standard InChI is InChI=1S/C21H19N3O2S2/c1-13-5-7-15(8-6-13)17-11-27-20-18(17)21(24-12-23-20)28-14(2)19(25)22-10-16-4-3-9-26-16/h3-9,11-12,14H,10H2,1-2H3,(H,22,25). The third-order valence-corrected chi connectivity index (χ3v) is 6.36. The van der Waals surface area contributed by atoms with Crippen molar-refractivity contribution in [3.05, 3.63) is 65.7 Å². The monoisotopic (exact) mass is 409 g/mol. The Labute approximate surface area is 171 Å². The number of hydrogen-bond acceptors (Lipinski definition) is 6. The van der Waals surface area contributed by atoms with Crippen LogP contribution in [0, 0.1) is 6.92 Å². The van der Waals surface area contributed by atoms with Crippen molar-refractivity contribution >= 4 is 39.2 Å². The van der Waals surface area contributed by atoms with Gasteiger partial charge >= 0.3 is 0 Å². The second-order valence-corrected chi connectivity index (χ2v) is 8.62. The average molecular weight is 410 g/mol. The van der Waals surface area contributed by atoms with E-state index in [0.717, 1.165) is 32.1 Å². The van der Waals surface area contributed by atoms with E-state index < -0.39 is 0 Å². The summed E-state index contributed by atoms with van der Waals surface area (Å²) in [6, 6.07) is 12.1. The first-order valence-corrected chi connectivity index (χ1v) is 10.6. The second-order valence-electron chi connectivity index (χ2n) is 6.43. The normalized spacial score (nSPS) is 12.2. The molecule has 0 fully saturated rings. The van der Waals surface area contributed by atoms with Crippen molar-refractivity contribution in [3.8, 4) is 11.1 Å². The number of thiophene rings is 1. The van der Waals surface area contributed by atoms with Gasteiger partial charge in [-0.05, 0) is 31.5 Å². The van der Waals surface area contributed by atoms with Crippen molar-refractivity contribution in [2.24, 2.45) is 0 Å². The zero-order valence-corrected chi connectivity index (χ0v) is 17.1. The molecular formula is C21H19N3O2S2. The van der Waals surface area contributed by atoms with E-state index in [1.54, 1.807) is 30.0 Å². The predicted octanol–water partition coefficient (Wildman–Crippen LogP) is 5.06. The van der Waals surface area contributed by atoms with Crippen molar-refractivity contribution in [1.29, 1.82) is 0 Å². The number of nitrogens with one attached hydrogen (secondary N) is 1. The van der Waals surface area contributed by atoms with Gasteiger partial charge in [0.15, 0.2) is 0 Å². The van der Waals surface area contributed by atoms with Crippen molar-refractivity contribution in [2.45, 2.75) is 30.7 Å². The number of aryl methyl sites for hydroxylation is 1. The molecule has 142 valence electrons. The van der Waals surface area contributed by atoms with E-state index >= 15 is 0 Å². The van der Waals surface area contributed by atoms with E-state index in [-0.39, 0.29) is 11.2 Å². The number of nitrogens with zero attached hydrogens (tertiary/aromatic N) is 2. The van der Waals surface area contributed by atoms with Crippen LogP contribution in [0.3, 0.4) is 0 Å². The highest BCUT2D eigenvalue weighted by Gasteiger charge is 2.20. The smallest absolute Gasteiger partial charge is 0.233 e. The van der Waals surface area contributed by atoms with Crippen LogP contribution in [-0.4, -0.2) is 21.1 Å². The maximum absolute atomic E-state index is 12.5. The number of carbonyl (C=O) groups is 1. The van der Waals surface area contributed by atoms with Gasteiger partial charge in [-0.15, -0.1) is 11.3 Å². The van der Waals surface area contributed by atoms with Gasteiger partial charge in [0.2, 0.25) is 5.91 Å². The molecule has 7 heteroatoms. The van der Waals surface area contributed by atoms with Crippen LogP contribution in [0.15, 0.2) is 63.8 Å². The first-order chi connectivity index (χ1) is 13.6. The van der Waals surface area contributed by atoms with Gasteiger partial charge < -0.3 is 9.73 Å². The van der Waals surface area contributed by atoms with Gasteiger partial charge in [-0.1, -0.05) is 41.6 Å². The Kier molecular flexibility index (Phi) is 5.45. The van der Waals surface area contributed by atoms with Crippen molar-refractivity contribution < 1.29 is 9.21 Å². The molecule has 3 aromatic heterocycles. The number of rotatable bonds is 6. The van der Waals surface area contributed by atoms with E-state index in [2.05, 4.69) is 51.9 Å². The molecule has 5 nitrogen and oxygen atoms in total. The number of thioether (sulfide) groups is 1. The van der Waals surface area contributed by atoms with Gasteiger partial charge in [-0.2, -0.15) is 0 Å². The molecule has 0 aliphatic heterocycles. The number of furan rings is 1. The Balaban J connectivity index is 1.57. The molecule has 4 rings (SSSR count). The summed E-state index contributed by atoms with van der Waals surface area (Å²) in [5.41, 5.74) is 3.45. The quantitative estimate of drug-likeness (QED) is 0.356. The Bertz CT molecular complexity index is 1090. The Morgan fingerprint density at radius 3 is 2.82 bits per heavy atom. The molecule has 0 bridgehead atoms. The highest BCUT2D eigenvalue weighted by atomic mass is 32.2. The van der Waals surface area contributed by atoms with Gasteiger partial charge in [0, 0.05) is 10.9 Å².